The molecule has 1 aromatic rings. The molecular formula is C12H22N4OS. The van der Waals surface area contributed by atoms with Crippen molar-refractivity contribution in [2.75, 3.05) is 25.1 Å². The molecule has 5 nitrogen and oxygen atoms in total. The third kappa shape index (κ3) is 3.46. The van der Waals surface area contributed by atoms with Gasteiger partial charge in [-0.05, 0) is 20.4 Å². The molecule has 0 aliphatic carbocycles. The highest BCUT2D eigenvalue weighted by molar-refractivity contribution is 7.99. The van der Waals surface area contributed by atoms with Crippen LogP contribution in [0.5, 0.6) is 0 Å². The van der Waals surface area contributed by atoms with Crippen LogP contribution in [0.3, 0.4) is 0 Å². The molecule has 6 heteroatoms. The average Bonchev–Trinajstić information content (AvgIpc) is 2.85. The number of nitrogens with zero attached hydrogens (tertiary/aromatic N) is 3. The molecule has 2 unspecified atom stereocenters. The first-order valence-electron chi connectivity index (χ1n) is 6.54. The molecule has 2 rings (SSSR count). The summed E-state index contributed by atoms with van der Waals surface area (Å²) in [5, 5.41) is 7.47. The molecular weight excluding hydrogens is 248 g/mol. The van der Waals surface area contributed by atoms with Crippen molar-refractivity contribution in [1.82, 2.24) is 20.4 Å². The van der Waals surface area contributed by atoms with Crippen LogP contribution in [0.2, 0.25) is 0 Å². The number of rotatable bonds is 5. The first kappa shape index (κ1) is 13.8. The highest BCUT2D eigenvalue weighted by Crippen LogP contribution is 2.26. The second-order valence-corrected chi connectivity index (χ2v) is 5.96. The molecule has 1 aliphatic heterocycles. The smallest absolute Gasteiger partial charge is 0.240 e. The molecule has 1 aromatic heterocycles. The fourth-order valence-electron chi connectivity index (χ4n) is 1.84. The molecule has 1 aliphatic rings. The number of aromatic nitrogens is 2. The minimum Gasteiger partial charge on any atom is -0.338 e. The van der Waals surface area contributed by atoms with Gasteiger partial charge in [-0.2, -0.15) is 16.7 Å². The third-order valence-corrected chi connectivity index (χ3v) is 4.41. The van der Waals surface area contributed by atoms with E-state index in [1.807, 2.05) is 11.8 Å². The normalized spacial score (nSPS) is 23.2. The maximum atomic E-state index is 5.30. The predicted octanol–water partition coefficient (Wildman–Crippen LogP) is 1.68. The zero-order valence-electron chi connectivity index (χ0n) is 11.3. The molecule has 2 heterocycles. The lowest BCUT2D eigenvalue weighted by Gasteiger charge is -2.29. The van der Waals surface area contributed by atoms with Gasteiger partial charge in [0.1, 0.15) is 0 Å². The Morgan fingerprint density at radius 1 is 1.61 bits per heavy atom. The number of hydrogen-bond donors (Lipinski definition) is 1. The Balaban J connectivity index is 1.92. The summed E-state index contributed by atoms with van der Waals surface area (Å²) < 4.78 is 5.30. The van der Waals surface area contributed by atoms with E-state index in [4.69, 9.17) is 4.52 Å². The van der Waals surface area contributed by atoms with Crippen LogP contribution in [0.15, 0.2) is 4.52 Å². The zero-order valence-corrected chi connectivity index (χ0v) is 12.2. The molecule has 0 saturated carbocycles. The summed E-state index contributed by atoms with van der Waals surface area (Å²) in [6, 6.07) is 0.776. The monoisotopic (exact) mass is 270 g/mol. The summed E-state index contributed by atoms with van der Waals surface area (Å²) in [5.74, 6) is 3.75. The van der Waals surface area contributed by atoms with Gasteiger partial charge in [-0.1, -0.05) is 12.1 Å². The Morgan fingerprint density at radius 2 is 2.44 bits per heavy atom. The van der Waals surface area contributed by atoms with Gasteiger partial charge >= 0.3 is 0 Å². The molecule has 0 amide bonds. The zero-order chi connectivity index (χ0) is 13.0. The van der Waals surface area contributed by atoms with Gasteiger partial charge in [0.25, 0.3) is 0 Å². The predicted molar refractivity (Wildman–Crippen MR) is 73.6 cm³/mol. The van der Waals surface area contributed by atoms with Gasteiger partial charge in [-0.3, -0.25) is 4.90 Å². The Hall–Kier alpha value is -0.590. The number of hydrogen-bond acceptors (Lipinski definition) is 6. The van der Waals surface area contributed by atoms with E-state index in [0.29, 0.717) is 24.5 Å². The van der Waals surface area contributed by atoms with Gasteiger partial charge in [-0.25, -0.2) is 0 Å². The average molecular weight is 270 g/mol. The van der Waals surface area contributed by atoms with Gasteiger partial charge in [-0.15, -0.1) is 0 Å². The largest absolute Gasteiger partial charge is 0.338 e. The lowest BCUT2D eigenvalue weighted by Crippen LogP contribution is -2.33. The SMILES string of the molecule is CCC(C)NCc1nc(C2CSCCN2C)no1. The van der Waals surface area contributed by atoms with Gasteiger partial charge in [0.15, 0.2) is 5.82 Å². The Bertz CT molecular complexity index is 371. The molecule has 0 bridgehead atoms. The minimum atomic E-state index is 0.296. The van der Waals surface area contributed by atoms with E-state index in [2.05, 4.69) is 41.3 Å². The summed E-state index contributed by atoms with van der Waals surface area (Å²) in [6.07, 6.45) is 1.10. The van der Waals surface area contributed by atoms with Crippen molar-refractivity contribution < 1.29 is 4.52 Å². The maximum Gasteiger partial charge on any atom is 0.240 e. The fraction of sp³-hybridized carbons (Fsp3) is 0.833. The van der Waals surface area contributed by atoms with Gasteiger partial charge in [0.05, 0.1) is 12.6 Å². The molecule has 0 radical (unpaired) electrons. The van der Waals surface area contributed by atoms with Crippen LogP contribution in [-0.4, -0.2) is 46.2 Å². The Morgan fingerprint density at radius 3 is 3.17 bits per heavy atom. The molecule has 102 valence electrons. The number of thioether (sulfide) groups is 1. The molecule has 0 spiro atoms. The van der Waals surface area contributed by atoms with E-state index in [0.717, 1.165) is 24.5 Å². The highest BCUT2D eigenvalue weighted by atomic mass is 32.2. The number of nitrogens with one attached hydrogen (secondary N) is 1. The molecule has 1 fully saturated rings. The molecule has 18 heavy (non-hydrogen) atoms. The van der Waals surface area contributed by atoms with Crippen LogP contribution < -0.4 is 5.32 Å². The van der Waals surface area contributed by atoms with Crippen molar-refractivity contribution in [2.45, 2.75) is 38.9 Å². The summed E-state index contributed by atoms with van der Waals surface area (Å²) >= 11 is 1.95. The highest BCUT2D eigenvalue weighted by Gasteiger charge is 2.25. The summed E-state index contributed by atoms with van der Waals surface area (Å²) in [4.78, 5) is 6.79. The van der Waals surface area contributed by atoms with Crippen molar-refractivity contribution in [1.29, 1.82) is 0 Å². The molecule has 0 aromatic carbocycles. The lowest BCUT2D eigenvalue weighted by atomic mass is 10.2. The molecule has 1 N–H and O–H groups in total. The van der Waals surface area contributed by atoms with Crippen LogP contribution in [0.25, 0.3) is 0 Å². The lowest BCUT2D eigenvalue weighted by molar-refractivity contribution is 0.256. The molecule has 2 atom stereocenters. The van der Waals surface area contributed by atoms with Crippen LogP contribution >= 0.6 is 11.8 Å². The van der Waals surface area contributed by atoms with Gasteiger partial charge in [0, 0.05) is 24.1 Å². The van der Waals surface area contributed by atoms with E-state index in [1.165, 1.54) is 5.75 Å². The van der Waals surface area contributed by atoms with Crippen LogP contribution in [0, 0.1) is 0 Å². The minimum absolute atomic E-state index is 0.296. The quantitative estimate of drug-likeness (QED) is 0.878. The van der Waals surface area contributed by atoms with Crippen molar-refractivity contribution in [2.24, 2.45) is 0 Å². The van der Waals surface area contributed by atoms with E-state index in [1.54, 1.807) is 0 Å². The van der Waals surface area contributed by atoms with E-state index < -0.39 is 0 Å². The summed E-state index contributed by atoms with van der Waals surface area (Å²) in [5.41, 5.74) is 0. The second-order valence-electron chi connectivity index (χ2n) is 4.81. The maximum absolute atomic E-state index is 5.30. The fourth-order valence-corrected chi connectivity index (χ4v) is 3.05. The van der Waals surface area contributed by atoms with E-state index in [-0.39, 0.29) is 0 Å². The Labute approximate surface area is 113 Å². The van der Waals surface area contributed by atoms with Gasteiger partial charge in [0.2, 0.25) is 5.89 Å². The van der Waals surface area contributed by atoms with Crippen molar-refractivity contribution in [3.8, 4) is 0 Å². The first-order chi connectivity index (χ1) is 8.70. The van der Waals surface area contributed by atoms with E-state index in [9.17, 15) is 0 Å². The Kier molecular flexibility index (Phi) is 5.03. The van der Waals surface area contributed by atoms with Crippen LogP contribution in [0.1, 0.15) is 38.0 Å². The second kappa shape index (κ2) is 6.54. The topological polar surface area (TPSA) is 54.2 Å². The van der Waals surface area contributed by atoms with Gasteiger partial charge < -0.3 is 9.84 Å². The van der Waals surface area contributed by atoms with E-state index >= 15 is 0 Å². The van der Waals surface area contributed by atoms with Crippen molar-refractivity contribution in [3.05, 3.63) is 11.7 Å². The third-order valence-electron chi connectivity index (χ3n) is 3.39. The summed E-state index contributed by atoms with van der Waals surface area (Å²) in [6.45, 7) is 6.06. The molecule has 1 saturated heterocycles. The first-order valence-corrected chi connectivity index (χ1v) is 7.70. The van der Waals surface area contributed by atoms with Crippen LogP contribution in [-0.2, 0) is 6.54 Å². The van der Waals surface area contributed by atoms with Crippen LogP contribution in [0.4, 0.5) is 0 Å². The standard InChI is InChI=1S/C12H22N4OS/c1-4-9(2)13-7-11-14-12(15-17-11)10-8-18-6-5-16(10)3/h9-10,13H,4-8H2,1-3H3. The summed E-state index contributed by atoms with van der Waals surface area (Å²) in [7, 11) is 2.12. The van der Waals surface area contributed by atoms with Crippen molar-refractivity contribution in [3.63, 3.8) is 0 Å². The van der Waals surface area contributed by atoms with Crippen molar-refractivity contribution >= 4 is 11.8 Å².